The molecule has 0 aliphatic heterocycles. The Morgan fingerprint density at radius 3 is 2.65 bits per heavy atom. The molecule has 0 aliphatic rings. The Labute approximate surface area is 96.8 Å². The second-order valence-corrected chi connectivity index (χ2v) is 3.87. The predicted molar refractivity (Wildman–Crippen MR) is 59.4 cm³/mol. The van der Waals surface area contributed by atoms with Crippen molar-refractivity contribution in [2.45, 2.75) is 19.1 Å². The zero-order chi connectivity index (χ0) is 12.6. The first-order valence-electron chi connectivity index (χ1n) is 5.16. The molecule has 0 radical (unpaired) electrons. The van der Waals surface area contributed by atoms with Crippen LogP contribution in [0.1, 0.15) is 18.8 Å². The van der Waals surface area contributed by atoms with E-state index < -0.39 is 17.7 Å². The number of imidazole rings is 1. The van der Waals surface area contributed by atoms with Crippen molar-refractivity contribution in [2.24, 2.45) is 5.73 Å². The SMILES string of the molecule is CO[C@H](C)[C@H](N)c1nc2cc(F)c(F)cc2[nH]1. The van der Waals surface area contributed by atoms with Gasteiger partial charge in [0.1, 0.15) is 5.82 Å². The summed E-state index contributed by atoms with van der Waals surface area (Å²) in [7, 11) is 1.53. The van der Waals surface area contributed by atoms with E-state index in [1.165, 1.54) is 7.11 Å². The molecule has 1 aromatic heterocycles. The number of hydrogen-bond donors (Lipinski definition) is 2. The number of benzene rings is 1. The lowest BCUT2D eigenvalue weighted by atomic mass is 10.2. The molecule has 17 heavy (non-hydrogen) atoms. The number of fused-ring (bicyclic) bond motifs is 1. The number of aromatic nitrogens is 2. The lowest BCUT2D eigenvalue weighted by molar-refractivity contribution is 0.0935. The smallest absolute Gasteiger partial charge is 0.161 e. The fraction of sp³-hybridized carbons (Fsp3) is 0.364. The van der Waals surface area contributed by atoms with Crippen molar-refractivity contribution in [1.82, 2.24) is 9.97 Å². The Kier molecular flexibility index (Phi) is 3.08. The molecule has 0 saturated heterocycles. The van der Waals surface area contributed by atoms with Crippen molar-refractivity contribution in [3.05, 3.63) is 29.6 Å². The van der Waals surface area contributed by atoms with Gasteiger partial charge in [-0.05, 0) is 6.92 Å². The molecule has 2 rings (SSSR count). The van der Waals surface area contributed by atoms with Crippen LogP contribution in [0.25, 0.3) is 11.0 Å². The molecule has 92 valence electrons. The van der Waals surface area contributed by atoms with Crippen molar-refractivity contribution in [2.75, 3.05) is 7.11 Å². The molecule has 0 amide bonds. The summed E-state index contributed by atoms with van der Waals surface area (Å²) < 4.78 is 31.1. The van der Waals surface area contributed by atoms with Gasteiger partial charge in [-0.1, -0.05) is 0 Å². The van der Waals surface area contributed by atoms with Gasteiger partial charge in [-0.3, -0.25) is 0 Å². The molecule has 0 spiro atoms. The minimum Gasteiger partial charge on any atom is -0.380 e. The second kappa shape index (κ2) is 4.38. The summed E-state index contributed by atoms with van der Waals surface area (Å²) in [6.45, 7) is 1.79. The fourth-order valence-corrected chi connectivity index (χ4v) is 1.55. The van der Waals surface area contributed by atoms with Gasteiger partial charge in [-0.15, -0.1) is 0 Å². The van der Waals surface area contributed by atoms with Gasteiger partial charge in [0.05, 0.1) is 23.2 Å². The third kappa shape index (κ3) is 2.13. The van der Waals surface area contributed by atoms with Crippen LogP contribution in [0.4, 0.5) is 8.78 Å². The average molecular weight is 241 g/mol. The van der Waals surface area contributed by atoms with E-state index in [4.69, 9.17) is 10.5 Å². The highest BCUT2D eigenvalue weighted by Crippen LogP contribution is 2.20. The number of nitrogens with zero attached hydrogens (tertiary/aromatic N) is 1. The summed E-state index contributed by atoms with van der Waals surface area (Å²) in [6.07, 6.45) is -0.245. The molecular formula is C11H13F2N3O. The van der Waals surface area contributed by atoms with Crippen molar-refractivity contribution >= 4 is 11.0 Å². The predicted octanol–water partition coefficient (Wildman–Crippen LogP) is 1.88. The minimum atomic E-state index is -0.927. The Morgan fingerprint density at radius 1 is 1.35 bits per heavy atom. The molecule has 4 nitrogen and oxygen atoms in total. The standard InChI is InChI=1S/C11H13F2N3O/c1-5(17-2)10(14)11-15-8-3-6(12)7(13)4-9(8)16-11/h3-5,10H,14H2,1-2H3,(H,15,16)/t5-,10+/m1/s1. The largest absolute Gasteiger partial charge is 0.380 e. The zero-order valence-corrected chi connectivity index (χ0v) is 9.50. The van der Waals surface area contributed by atoms with Crippen LogP contribution in [0.3, 0.4) is 0 Å². The Balaban J connectivity index is 2.44. The molecule has 0 fully saturated rings. The fourth-order valence-electron chi connectivity index (χ4n) is 1.55. The number of H-pyrrole nitrogens is 1. The Morgan fingerprint density at radius 2 is 2.00 bits per heavy atom. The normalized spacial score (nSPS) is 15.1. The van der Waals surface area contributed by atoms with Crippen molar-refractivity contribution < 1.29 is 13.5 Å². The van der Waals surface area contributed by atoms with Crippen LogP contribution < -0.4 is 5.73 Å². The van der Waals surface area contributed by atoms with Gasteiger partial charge in [0.15, 0.2) is 11.6 Å². The number of aromatic amines is 1. The van der Waals surface area contributed by atoms with Gasteiger partial charge in [-0.25, -0.2) is 13.8 Å². The van der Waals surface area contributed by atoms with Crippen LogP contribution in [-0.2, 0) is 4.74 Å². The van der Waals surface area contributed by atoms with Gasteiger partial charge in [0.25, 0.3) is 0 Å². The highest BCUT2D eigenvalue weighted by atomic mass is 19.2. The minimum absolute atomic E-state index is 0.245. The van der Waals surface area contributed by atoms with Crippen molar-refractivity contribution in [3.63, 3.8) is 0 Å². The molecule has 1 heterocycles. The third-order valence-corrected chi connectivity index (χ3v) is 2.74. The molecule has 0 aliphatic carbocycles. The first kappa shape index (κ1) is 11.9. The number of nitrogens with two attached hydrogens (primary N) is 1. The summed E-state index contributed by atoms with van der Waals surface area (Å²) in [6, 6.07) is 1.62. The monoisotopic (exact) mass is 241 g/mol. The van der Waals surface area contributed by atoms with Gasteiger partial charge >= 0.3 is 0 Å². The number of nitrogens with one attached hydrogen (secondary N) is 1. The highest BCUT2D eigenvalue weighted by molar-refractivity contribution is 5.75. The molecule has 0 bridgehead atoms. The maximum atomic E-state index is 13.0. The number of methoxy groups -OCH3 is 1. The van der Waals surface area contributed by atoms with E-state index in [1.54, 1.807) is 6.92 Å². The van der Waals surface area contributed by atoms with E-state index in [2.05, 4.69) is 9.97 Å². The quantitative estimate of drug-likeness (QED) is 0.862. The average Bonchev–Trinajstić information content (AvgIpc) is 2.70. The molecule has 2 aromatic rings. The number of ether oxygens (including phenoxy) is 1. The van der Waals surface area contributed by atoms with E-state index >= 15 is 0 Å². The molecule has 6 heteroatoms. The van der Waals surface area contributed by atoms with Gasteiger partial charge in [-0.2, -0.15) is 0 Å². The van der Waals surface area contributed by atoms with Gasteiger partial charge < -0.3 is 15.5 Å². The van der Waals surface area contributed by atoms with E-state index in [0.717, 1.165) is 12.1 Å². The maximum Gasteiger partial charge on any atom is 0.161 e. The van der Waals surface area contributed by atoms with E-state index in [-0.39, 0.29) is 6.10 Å². The van der Waals surface area contributed by atoms with Crippen LogP contribution >= 0.6 is 0 Å². The van der Waals surface area contributed by atoms with Crippen LogP contribution in [0.5, 0.6) is 0 Å². The second-order valence-electron chi connectivity index (χ2n) is 3.87. The topological polar surface area (TPSA) is 63.9 Å². The van der Waals surface area contributed by atoms with Crippen LogP contribution in [0, 0.1) is 11.6 Å². The Bertz CT molecular complexity index is 502. The van der Waals surface area contributed by atoms with Crippen LogP contribution in [0.15, 0.2) is 12.1 Å². The lowest BCUT2D eigenvalue weighted by Gasteiger charge is -2.15. The molecule has 0 saturated carbocycles. The molecule has 3 N–H and O–H groups in total. The lowest BCUT2D eigenvalue weighted by Crippen LogP contribution is -2.26. The number of hydrogen-bond acceptors (Lipinski definition) is 3. The third-order valence-electron chi connectivity index (χ3n) is 2.74. The summed E-state index contributed by atoms with van der Waals surface area (Å²) in [5, 5.41) is 0. The summed E-state index contributed by atoms with van der Waals surface area (Å²) >= 11 is 0. The summed E-state index contributed by atoms with van der Waals surface area (Å²) in [4.78, 5) is 6.97. The number of halogens is 2. The summed E-state index contributed by atoms with van der Waals surface area (Å²) in [5.41, 5.74) is 6.64. The molecule has 2 atom stereocenters. The number of rotatable bonds is 3. The molecular weight excluding hydrogens is 228 g/mol. The first-order chi connectivity index (χ1) is 8.02. The molecule has 0 unspecified atom stereocenters. The Hall–Kier alpha value is -1.53. The highest BCUT2D eigenvalue weighted by Gasteiger charge is 2.18. The van der Waals surface area contributed by atoms with E-state index in [0.29, 0.717) is 16.9 Å². The van der Waals surface area contributed by atoms with Gasteiger partial charge in [0, 0.05) is 19.2 Å². The van der Waals surface area contributed by atoms with E-state index in [1.807, 2.05) is 0 Å². The zero-order valence-electron chi connectivity index (χ0n) is 9.50. The summed E-state index contributed by atoms with van der Waals surface area (Å²) in [5.74, 6) is -1.40. The van der Waals surface area contributed by atoms with E-state index in [9.17, 15) is 8.78 Å². The van der Waals surface area contributed by atoms with Crippen LogP contribution in [0.2, 0.25) is 0 Å². The molecule has 1 aromatic carbocycles. The van der Waals surface area contributed by atoms with Crippen molar-refractivity contribution in [3.8, 4) is 0 Å². The van der Waals surface area contributed by atoms with Crippen molar-refractivity contribution in [1.29, 1.82) is 0 Å². The maximum absolute atomic E-state index is 13.0. The van der Waals surface area contributed by atoms with Crippen LogP contribution in [-0.4, -0.2) is 23.2 Å². The van der Waals surface area contributed by atoms with Gasteiger partial charge in [0.2, 0.25) is 0 Å². The first-order valence-corrected chi connectivity index (χ1v) is 5.16.